The van der Waals surface area contributed by atoms with Crippen LogP contribution in [0.15, 0.2) is 24.3 Å². The molecule has 0 aromatic heterocycles. The molecule has 0 aliphatic carbocycles. The minimum atomic E-state index is 0.456. The molecule has 1 aliphatic rings. The van der Waals surface area contributed by atoms with Gasteiger partial charge in [-0.2, -0.15) is 5.26 Å². The summed E-state index contributed by atoms with van der Waals surface area (Å²) in [5.41, 5.74) is 1.03. The smallest absolute Gasteiger partial charge is 0.119 e. The summed E-state index contributed by atoms with van der Waals surface area (Å²) in [6.45, 7) is 6.27. The van der Waals surface area contributed by atoms with Crippen molar-refractivity contribution in [2.24, 2.45) is 5.92 Å². The molecular formula is C17H25N3O. The Morgan fingerprint density at radius 3 is 2.57 bits per heavy atom. The van der Waals surface area contributed by atoms with E-state index in [2.05, 4.69) is 36.9 Å². The third-order valence-electron chi connectivity index (χ3n) is 4.19. The van der Waals surface area contributed by atoms with E-state index in [0.717, 1.165) is 30.9 Å². The summed E-state index contributed by atoms with van der Waals surface area (Å²) in [7, 11) is 4.31. The van der Waals surface area contributed by atoms with Crippen molar-refractivity contribution in [2.75, 3.05) is 40.3 Å². The highest BCUT2D eigenvalue weighted by molar-refractivity contribution is 5.28. The Morgan fingerprint density at radius 2 is 2.00 bits per heavy atom. The molecule has 2 atom stereocenters. The lowest BCUT2D eigenvalue weighted by atomic mass is 10.1. The first-order valence-electron chi connectivity index (χ1n) is 7.57. The van der Waals surface area contributed by atoms with Gasteiger partial charge in [0.2, 0.25) is 0 Å². The zero-order valence-electron chi connectivity index (χ0n) is 13.2. The molecule has 1 aromatic carbocycles. The number of likely N-dealkylation sites (tertiary alicyclic amines) is 1. The lowest BCUT2D eigenvalue weighted by Gasteiger charge is -2.22. The average Bonchev–Trinajstić information content (AvgIpc) is 2.82. The lowest BCUT2D eigenvalue weighted by molar-refractivity contribution is 0.220. The van der Waals surface area contributed by atoms with Crippen molar-refractivity contribution in [3.8, 4) is 11.8 Å². The highest BCUT2D eigenvalue weighted by Crippen LogP contribution is 2.19. The summed E-state index contributed by atoms with van der Waals surface area (Å²) in [6.07, 6.45) is 0.456. The Kier molecular flexibility index (Phi) is 5.60. The maximum atomic E-state index is 8.64. The minimum absolute atomic E-state index is 0.456. The molecule has 0 saturated carbocycles. The third kappa shape index (κ3) is 4.45. The van der Waals surface area contributed by atoms with Crippen LogP contribution < -0.4 is 4.74 Å². The molecule has 4 nitrogen and oxygen atoms in total. The van der Waals surface area contributed by atoms with Crippen molar-refractivity contribution in [2.45, 2.75) is 19.4 Å². The first-order valence-corrected chi connectivity index (χ1v) is 7.57. The highest BCUT2D eigenvalue weighted by Gasteiger charge is 2.30. The van der Waals surface area contributed by atoms with Crippen LogP contribution in [0, 0.1) is 17.2 Å². The minimum Gasteiger partial charge on any atom is -0.492 e. The first kappa shape index (κ1) is 15.8. The molecule has 1 fully saturated rings. The van der Waals surface area contributed by atoms with E-state index in [9.17, 15) is 0 Å². The first-order chi connectivity index (χ1) is 10.1. The van der Waals surface area contributed by atoms with Gasteiger partial charge in [0, 0.05) is 25.7 Å². The van der Waals surface area contributed by atoms with Gasteiger partial charge in [0.25, 0.3) is 0 Å². The van der Waals surface area contributed by atoms with E-state index in [1.807, 2.05) is 24.3 Å². The van der Waals surface area contributed by atoms with Gasteiger partial charge in [-0.3, -0.25) is 4.90 Å². The van der Waals surface area contributed by atoms with E-state index in [4.69, 9.17) is 10.00 Å². The molecule has 0 spiro atoms. The van der Waals surface area contributed by atoms with Gasteiger partial charge in [-0.15, -0.1) is 0 Å². The van der Waals surface area contributed by atoms with Gasteiger partial charge in [0.1, 0.15) is 12.4 Å². The Hall–Kier alpha value is -1.57. The Morgan fingerprint density at radius 1 is 1.29 bits per heavy atom. The van der Waals surface area contributed by atoms with E-state index < -0.39 is 0 Å². The van der Waals surface area contributed by atoms with Crippen molar-refractivity contribution >= 4 is 0 Å². The quantitative estimate of drug-likeness (QED) is 0.802. The molecule has 0 amide bonds. The molecule has 0 N–H and O–H groups in total. The predicted octanol–water partition coefficient (Wildman–Crippen LogP) is 2.01. The fourth-order valence-electron chi connectivity index (χ4n) is 2.99. The topological polar surface area (TPSA) is 39.5 Å². The summed E-state index contributed by atoms with van der Waals surface area (Å²) in [6, 6.07) is 10.6. The normalized spacial score (nSPS) is 22.4. The molecule has 114 valence electrons. The number of benzene rings is 1. The molecule has 1 saturated heterocycles. The number of hydrogen-bond acceptors (Lipinski definition) is 4. The van der Waals surface area contributed by atoms with Crippen LogP contribution in [0.1, 0.15) is 12.5 Å². The molecule has 1 aliphatic heterocycles. The van der Waals surface area contributed by atoms with Crippen LogP contribution in [-0.4, -0.2) is 56.2 Å². The largest absolute Gasteiger partial charge is 0.492 e. The molecule has 0 radical (unpaired) electrons. The van der Waals surface area contributed by atoms with E-state index in [1.165, 1.54) is 0 Å². The number of nitriles is 1. The van der Waals surface area contributed by atoms with E-state index >= 15 is 0 Å². The Bertz CT molecular complexity index is 478. The Balaban J connectivity index is 1.74. The summed E-state index contributed by atoms with van der Waals surface area (Å²) in [4.78, 5) is 4.79. The second-order valence-electron chi connectivity index (χ2n) is 6.10. The average molecular weight is 287 g/mol. The second kappa shape index (κ2) is 7.44. The van der Waals surface area contributed by atoms with Crippen molar-refractivity contribution in [1.29, 1.82) is 5.26 Å². The highest BCUT2D eigenvalue weighted by atomic mass is 16.5. The summed E-state index contributed by atoms with van der Waals surface area (Å²) < 4.78 is 5.79. The van der Waals surface area contributed by atoms with Crippen molar-refractivity contribution < 1.29 is 4.74 Å². The van der Waals surface area contributed by atoms with Crippen LogP contribution in [0.4, 0.5) is 0 Å². The molecular weight excluding hydrogens is 262 g/mol. The van der Waals surface area contributed by atoms with Gasteiger partial charge >= 0.3 is 0 Å². The maximum absolute atomic E-state index is 8.64. The summed E-state index contributed by atoms with van der Waals surface area (Å²) >= 11 is 0. The number of nitrogens with zero attached hydrogens (tertiary/aromatic N) is 3. The molecule has 2 unspecified atom stereocenters. The SMILES string of the molecule is CC1CN(CCOc2ccc(CC#N)cc2)CC1N(C)C. The van der Waals surface area contributed by atoms with E-state index in [0.29, 0.717) is 25.0 Å². The molecule has 21 heavy (non-hydrogen) atoms. The van der Waals surface area contributed by atoms with Crippen molar-refractivity contribution in [3.05, 3.63) is 29.8 Å². The molecule has 4 heteroatoms. The van der Waals surface area contributed by atoms with Crippen LogP contribution in [0.5, 0.6) is 5.75 Å². The zero-order chi connectivity index (χ0) is 15.2. The lowest BCUT2D eigenvalue weighted by Crippen LogP contribution is -2.35. The molecule has 2 rings (SSSR count). The van der Waals surface area contributed by atoms with Gasteiger partial charge in [-0.1, -0.05) is 19.1 Å². The molecule has 1 aromatic rings. The second-order valence-corrected chi connectivity index (χ2v) is 6.10. The van der Waals surface area contributed by atoms with Gasteiger partial charge < -0.3 is 9.64 Å². The van der Waals surface area contributed by atoms with Crippen LogP contribution in [0.3, 0.4) is 0 Å². The van der Waals surface area contributed by atoms with Crippen LogP contribution in [0.25, 0.3) is 0 Å². The van der Waals surface area contributed by atoms with E-state index in [1.54, 1.807) is 0 Å². The van der Waals surface area contributed by atoms with Gasteiger partial charge in [-0.25, -0.2) is 0 Å². The summed E-state index contributed by atoms with van der Waals surface area (Å²) in [5, 5.41) is 8.64. The molecule has 0 bridgehead atoms. The van der Waals surface area contributed by atoms with Crippen LogP contribution in [0.2, 0.25) is 0 Å². The van der Waals surface area contributed by atoms with Gasteiger partial charge in [0.15, 0.2) is 0 Å². The number of likely N-dealkylation sites (N-methyl/N-ethyl adjacent to an activating group) is 1. The van der Waals surface area contributed by atoms with Crippen molar-refractivity contribution in [3.63, 3.8) is 0 Å². The maximum Gasteiger partial charge on any atom is 0.119 e. The molecule has 1 heterocycles. The Labute approximate surface area is 127 Å². The van der Waals surface area contributed by atoms with E-state index in [-0.39, 0.29) is 0 Å². The van der Waals surface area contributed by atoms with Gasteiger partial charge in [-0.05, 0) is 37.7 Å². The van der Waals surface area contributed by atoms with Crippen LogP contribution in [-0.2, 0) is 6.42 Å². The fourth-order valence-corrected chi connectivity index (χ4v) is 2.99. The standard InChI is InChI=1S/C17H25N3O/c1-14-12-20(13-17(14)19(2)3)10-11-21-16-6-4-15(5-7-16)8-9-18/h4-7,14,17H,8,10-13H2,1-3H3. The monoisotopic (exact) mass is 287 g/mol. The number of hydrogen-bond donors (Lipinski definition) is 0. The van der Waals surface area contributed by atoms with Crippen LogP contribution >= 0.6 is 0 Å². The van der Waals surface area contributed by atoms with Crippen molar-refractivity contribution in [1.82, 2.24) is 9.80 Å². The third-order valence-corrected chi connectivity index (χ3v) is 4.19. The zero-order valence-corrected chi connectivity index (χ0v) is 13.2. The van der Waals surface area contributed by atoms with Gasteiger partial charge in [0.05, 0.1) is 12.5 Å². The number of rotatable bonds is 6. The summed E-state index contributed by atoms with van der Waals surface area (Å²) in [5.74, 6) is 1.60. The fraction of sp³-hybridized carbons (Fsp3) is 0.588. The predicted molar refractivity (Wildman–Crippen MR) is 84.3 cm³/mol. The number of ether oxygens (including phenoxy) is 1.